The predicted octanol–water partition coefficient (Wildman–Crippen LogP) is -0.443. The number of hydrogen-bond donors (Lipinski definition) is 1. The third-order valence-electron chi connectivity index (χ3n) is 0.783. The summed E-state index contributed by atoms with van der Waals surface area (Å²) in [7, 11) is -3.80. The van der Waals surface area contributed by atoms with Crippen molar-refractivity contribution in [3.05, 3.63) is 0 Å². The predicted molar refractivity (Wildman–Crippen MR) is 34.8 cm³/mol. The van der Waals surface area contributed by atoms with Gasteiger partial charge in [-0.1, -0.05) is 0 Å². The van der Waals surface area contributed by atoms with Gasteiger partial charge in [0.2, 0.25) is 0 Å². The van der Waals surface area contributed by atoms with Crippen molar-refractivity contribution in [3.63, 3.8) is 0 Å². The van der Waals surface area contributed by atoms with Crippen molar-refractivity contribution in [3.8, 4) is 0 Å². The smallest absolute Gasteiger partial charge is 0.284 e. The first-order valence-electron chi connectivity index (χ1n) is 2.69. The standard InChI is InChI=1S/C4H9F2NO3S/c1-11(8,9)10-3-4(5,6)2-7/h2-3,7H2,1H3. The number of hydrogen-bond acceptors (Lipinski definition) is 4. The summed E-state index contributed by atoms with van der Waals surface area (Å²) in [5.41, 5.74) is 4.61. The maximum atomic E-state index is 12.2. The van der Waals surface area contributed by atoms with Crippen LogP contribution in [0, 0.1) is 0 Å². The summed E-state index contributed by atoms with van der Waals surface area (Å²) < 4.78 is 48.6. The summed E-state index contributed by atoms with van der Waals surface area (Å²) in [5, 5.41) is 0. The van der Waals surface area contributed by atoms with E-state index in [4.69, 9.17) is 0 Å². The van der Waals surface area contributed by atoms with E-state index in [0.717, 1.165) is 0 Å². The molecule has 68 valence electrons. The van der Waals surface area contributed by atoms with Crippen molar-refractivity contribution >= 4 is 10.1 Å². The molecule has 0 fully saturated rings. The lowest BCUT2D eigenvalue weighted by Crippen LogP contribution is -2.33. The van der Waals surface area contributed by atoms with Crippen LogP contribution >= 0.6 is 0 Å². The number of alkyl halides is 2. The third-order valence-corrected chi connectivity index (χ3v) is 1.33. The van der Waals surface area contributed by atoms with Crippen molar-refractivity contribution in [1.82, 2.24) is 0 Å². The number of halogens is 2. The van der Waals surface area contributed by atoms with Gasteiger partial charge in [0.05, 0.1) is 12.8 Å². The van der Waals surface area contributed by atoms with Crippen LogP contribution in [-0.2, 0) is 14.3 Å². The molecule has 7 heteroatoms. The van der Waals surface area contributed by atoms with Crippen LogP contribution in [0.3, 0.4) is 0 Å². The summed E-state index contributed by atoms with van der Waals surface area (Å²) in [5.74, 6) is -3.27. The largest absolute Gasteiger partial charge is 0.325 e. The highest BCUT2D eigenvalue weighted by Gasteiger charge is 2.28. The first-order valence-corrected chi connectivity index (χ1v) is 4.51. The monoisotopic (exact) mass is 189 g/mol. The first-order chi connectivity index (χ1) is 4.77. The first kappa shape index (κ1) is 10.7. The molecule has 0 aromatic carbocycles. The summed E-state index contributed by atoms with van der Waals surface area (Å²) in [4.78, 5) is 0. The van der Waals surface area contributed by atoms with Gasteiger partial charge >= 0.3 is 0 Å². The molecule has 0 saturated heterocycles. The van der Waals surface area contributed by atoms with Gasteiger partial charge in [-0.3, -0.25) is 4.18 Å². The second-order valence-electron chi connectivity index (χ2n) is 2.03. The molecule has 2 N–H and O–H groups in total. The fraction of sp³-hybridized carbons (Fsp3) is 1.00. The molecule has 11 heavy (non-hydrogen) atoms. The fourth-order valence-corrected chi connectivity index (χ4v) is 0.639. The highest BCUT2D eigenvalue weighted by molar-refractivity contribution is 7.85. The van der Waals surface area contributed by atoms with Crippen LogP contribution in [0.4, 0.5) is 8.78 Å². The van der Waals surface area contributed by atoms with Crippen molar-refractivity contribution in [2.24, 2.45) is 5.73 Å². The molecular formula is C4H9F2NO3S. The van der Waals surface area contributed by atoms with Gasteiger partial charge in [0.25, 0.3) is 16.0 Å². The zero-order chi connectivity index (χ0) is 9.12. The fourth-order valence-electron chi connectivity index (χ4n) is 0.252. The summed E-state index contributed by atoms with van der Waals surface area (Å²) in [6.45, 7) is -2.12. The lowest BCUT2D eigenvalue weighted by atomic mass is 10.4. The average Bonchev–Trinajstić information content (AvgIpc) is 1.83. The van der Waals surface area contributed by atoms with E-state index >= 15 is 0 Å². The molecule has 0 radical (unpaired) electrons. The molecule has 0 bridgehead atoms. The molecule has 0 aliphatic carbocycles. The molecule has 0 heterocycles. The second-order valence-corrected chi connectivity index (χ2v) is 3.67. The minimum Gasteiger partial charge on any atom is -0.325 e. The molecule has 0 spiro atoms. The van der Waals surface area contributed by atoms with E-state index in [1.54, 1.807) is 0 Å². The highest BCUT2D eigenvalue weighted by Crippen LogP contribution is 2.11. The van der Waals surface area contributed by atoms with Gasteiger partial charge < -0.3 is 5.73 Å². The van der Waals surface area contributed by atoms with Crippen molar-refractivity contribution < 1.29 is 21.4 Å². The highest BCUT2D eigenvalue weighted by atomic mass is 32.2. The van der Waals surface area contributed by atoms with E-state index in [1.807, 2.05) is 0 Å². The number of rotatable bonds is 4. The van der Waals surface area contributed by atoms with Crippen molar-refractivity contribution in [1.29, 1.82) is 0 Å². The van der Waals surface area contributed by atoms with Crippen LogP contribution in [-0.4, -0.2) is 33.7 Å². The van der Waals surface area contributed by atoms with E-state index in [2.05, 4.69) is 9.92 Å². The maximum absolute atomic E-state index is 12.2. The van der Waals surface area contributed by atoms with E-state index in [0.29, 0.717) is 6.26 Å². The van der Waals surface area contributed by atoms with Gasteiger partial charge in [-0.25, -0.2) is 8.78 Å². The van der Waals surface area contributed by atoms with E-state index in [-0.39, 0.29) is 0 Å². The molecule has 4 nitrogen and oxygen atoms in total. The minimum atomic E-state index is -3.80. The van der Waals surface area contributed by atoms with E-state index < -0.39 is 29.2 Å². The lowest BCUT2D eigenvalue weighted by molar-refractivity contribution is -0.0299. The maximum Gasteiger partial charge on any atom is 0.284 e. The second kappa shape index (κ2) is 3.42. The van der Waals surface area contributed by atoms with Crippen LogP contribution in [0.5, 0.6) is 0 Å². The molecule has 0 amide bonds. The molecule has 0 aromatic rings. The van der Waals surface area contributed by atoms with Crippen LogP contribution in [0.2, 0.25) is 0 Å². The zero-order valence-electron chi connectivity index (χ0n) is 5.88. The molecule has 0 unspecified atom stereocenters. The van der Waals surface area contributed by atoms with E-state index in [1.165, 1.54) is 0 Å². The molecule has 0 aliphatic heterocycles. The Bertz CT molecular complexity index is 213. The molecule has 0 saturated carbocycles. The van der Waals surface area contributed by atoms with Gasteiger partial charge in [-0.05, 0) is 0 Å². The molecular weight excluding hydrogens is 180 g/mol. The Balaban J connectivity index is 3.90. The van der Waals surface area contributed by atoms with Crippen LogP contribution in [0.1, 0.15) is 0 Å². The average molecular weight is 189 g/mol. The Kier molecular flexibility index (Phi) is 3.33. The quantitative estimate of drug-likeness (QED) is 0.608. The van der Waals surface area contributed by atoms with Gasteiger partial charge in [-0.15, -0.1) is 0 Å². The van der Waals surface area contributed by atoms with Gasteiger partial charge in [0.15, 0.2) is 0 Å². The Morgan fingerprint density at radius 3 is 2.27 bits per heavy atom. The van der Waals surface area contributed by atoms with E-state index in [9.17, 15) is 17.2 Å². The Morgan fingerprint density at radius 2 is 2.00 bits per heavy atom. The summed E-state index contributed by atoms with van der Waals surface area (Å²) in [6, 6.07) is 0. The molecule has 0 aromatic heterocycles. The molecule has 0 aliphatic rings. The Hall–Kier alpha value is -0.270. The molecule has 0 atom stereocenters. The SMILES string of the molecule is CS(=O)(=O)OCC(F)(F)CN. The van der Waals surface area contributed by atoms with Crippen LogP contribution < -0.4 is 5.73 Å². The van der Waals surface area contributed by atoms with Crippen LogP contribution in [0.15, 0.2) is 0 Å². The normalized spacial score (nSPS) is 13.5. The van der Waals surface area contributed by atoms with Crippen molar-refractivity contribution in [2.45, 2.75) is 5.92 Å². The minimum absolute atomic E-state index is 0.694. The third kappa shape index (κ3) is 6.14. The van der Waals surface area contributed by atoms with Crippen LogP contribution in [0.25, 0.3) is 0 Å². The molecule has 0 rings (SSSR count). The van der Waals surface area contributed by atoms with Crippen molar-refractivity contribution in [2.75, 3.05) is 19.4 Å². The number of nitrogens with two attached hydrogens (primary N) is 1. The lowest BCUT2D eigenvalue weighted by Gasteiger charge is -2.11. The van der Waals surface area contributed by atoms with Gasteiger partial charge in [0, 0.05) is 0 Å². The Labute approximate surface area is 63.5 Å². The Morgan fingerprint density at radius 1 is 1.55 bits per heavy atom. The summed E-state index contributed by atoms with van der Waals surface area (Å²) >= 11 is 0. The van der Waals surface area contributed by atoms with Gasteiger partial charge in [0.1, 0.15) is 6.61 Å². The van der Waals surface area contributed by atoms with Gasteiger partial charge in [-0.2, -0.15) is 8.42 Å². The topological polar surface area (TPSA) is 69.4 Å². The zero-order valence-corrected chi connectivity index (χ0v) is 6.70. The summed E-state index contributed by atoms with van der Waals surface area (Å²) in [6.07, 6.45) is 0.694.